The maximum Gasteiger partial charge on any atom is 0.224 e. The Kier molecular flexibility index (Phi) is 4.32. The first-order chi connectivity index (χ1) is 10.6. The zero-order valence-corrected chi connectivity index (χ0v) is 13.0. The Hall–Kier alpha value is -2.04. The molecule has 0 aromatic heterocycles. The molecular formula is C17H18ClN3O. The van der Waals surface area contributed by atoms with Crippen LogP contribution in [-0.2, 0) is 4.79 Å². The fraction of sp³-hybridized carbons (Fsp3) is 0.235. The molecule has 1 amide bonds. The minimum absolute atomic E-state index is 0.00614. The summed E-state index contributed by atoms with van der Waals surface area (Å²) in [6.07, 6.45) is 0.0989. The van der Waals surface area contributed by atoms with E-state index < -0.39 is 0 Å². The van der Waals surface area contributed by atoms with Gasteiger partial charge in [-0.3, -0.25) is 10.1 Å². The summed E-state index contributed by atoms with van der Waals surface area (Å²) in [5.74, 6) is 0.0170. The number of hydrogen-bond donors (Lipinski definition) is 3. The first-order valence-electron chi connectivity index (χ1n) is 7.25. The Bertz CT molecular complexity index is 675. The molecule has 1 heterocycles. The lowest BCUT2D eigenvalue weighted by molar-refractivity contribution is -0.124. The number of anilines is 1. The van der Waals surface area contributed by atoms with Crippen molar-refractivity contribution in [3.05, 3.63) is 64.7 Å². The highest BCUT2D eigenvalue weighted by Gasteiger charge is 2.26. The van der Waals surface area contributed by atoms with E-state index in [2.05, 4.69) is 16.0 Å². The van der Waals surface area contributed by atoms with Crippen LogP contribution in [0.2, 0.25) is 5.02 Å². The van der Waals surface area contributed by atoms with Crippen molar-refractivity contribution in [1.82, 2.24) is 10.6 Å². The lowest BCUT2D eigenvalue weighted by atomic mass is 10.0. The van der Waals surface area contributed by atoms with E-state index in [1.54, 1.807) is 0 Å². The number of aryl methyl sites for hydroxylation is 1. The van der Waals surface area contributed by atoms with Gasteiger partial charge in [-0.05, 0) is 30.2 Å². The van der Waals surface area contributed by atoms with Crippen molar-refractivity contribution >= 4 is 23.2 Å². The molecule has 5 heteroatoms. The fourth-order valence-electron chi connectivity index (χ4n) is 2.53. The van der Waals surface area contributed by atoms with Gasteiger partial charge in [0.05, 0.1) is 0 Å². The Morgan fingerprint density at radius 2 is 1.95 bits per heavy atom. The molecule has 1 aliphatic rings. The lowest BCUT2D eigenvalue weighted by Crippen LogP contribution is -2.56. The number of rotatable bonds is 3. The van der Waals surface area contributed by atoms with Gasteiger partial charge >= 0.3 is 0 Å². The van der Waals surface area contributed by atoms with Crippen LogP contribution in [0.1, 0.15) is 23.6 Å². The molecule has 22 heavy (non-hydrogen) atoms. The zero-order chi connectivity index (χ0) is 15.5. The van der Waals surface area contributed by atoms with Gasteiger partial charge < -0.3 is 10.6 Å². The third kappa shape index (κ3) is 3.40. The summed E-state index contributed by atoms with van der Waals surface area (Å²) in [7, 11) is 0. The quantitative estimate of drug-likeness (QED) is 0.815. The minimum Gasteiger partial charge on any atom is -0.353 e. The van der Waals surface area contributed by atoms with E-state index in [1.807, 2.05) is 55.5 Å². The third-order valence-electron chi connectivity index (χ3n) is 3.75. The molecule has 2 unspecified atom stereocenters. The highest BCUT2D eigenvalue weighted by Crippen LogP contribution is 2.23. The van der Waals surface area contributed by atoms with Crippen LogP contribution in [-0.4, -0.2) is 12.2 Å². The van der Waals surface area contributed by atoms with Crippen LogP contribution >= 0.6 is 11.6 Å². The summed E-state index contributed by atoms with van der Waals surface area (Å²) in [6, 6.07) is 15.7. The van der Waals surface area contributed by atoms with Crippen molar-refractivity contribution in [2.75, 3.05) is 5.32 Å². The van der Waals surface area contributed by atoms with Crippen molar-refractivity contribution in [2.24, 2.45) is 0 Å². The molecule has 1 fully saturated rings. The fourth-order valence-corrected chi connectivity index (χ4v) is 2.71. The summed E-state index contributed by atoms with van der Waals surface area (Å²) < 4.78 is 0. The van der Waals surface area contributed by atoms with Crippen molar-refractivity contribution in [2.45, 2.75) is 25.7 Å². The summed E-state index contributed by atoms with van der Waals surface area (Å²) >= 11 is 6.14. The largest absolute Gasteiger partial charge is 0.353 e. The molecule has 3 N–H and O–H groups in total. The predicted octanol–water partition coefficient (Wildman–Crippen LogP) is 3.19. The van der Waals surface area contributed by atoms with Gasteiger partial charge in [0.25, 0.3) is 0 Å². The number of carbonyl (C=O) groups is 1. The summed E-state index contributed by atoms with van der Waals surface area (Å²) in [5, 5.41) is 10.2. The van der Waals surface area contributed by atoms with Gasteiger partial charge in [-0.15, -0.1) is 0 Å². The Labute approximate surface area is 134 Å². The second-order valence-corrected chi connectivity index (χ2v) is 5.85. The topological polar surface area (TPSA) is 53.2 Å². The summed E-state index contributed by atoms with van der Waals surface area (Å²) in [4.78, 5) is 12.0. The van der Waals surface area contributed by atoms with E-state index in [0.29, 0.717) is 11.4 Å². The van der Waals surface area contributed by atoms with E-state index in [9.17, 15) is 4.79 Å². The average Bonchev–Trinajstić information content (AvgIpc) is 2.51. The summed E-state index contributed by atoms with van der Waals surface area (Å²) in [6.45, 7) is 1.96. The number of benzene rings is 2. The minimum atomic E-state index is -0.328. The highest BCUT2D eigenvalue weighted by molar-refractivity contribution is 6.31. The second kappa shape index (κ2) is 6.38. The van der Waals surface area contributed by atoms with Crippen LogP contribution in [0, 0.1) is 6.92 Å². The number of carbonyl (C=O) groups excluding carboxylic acids is 1. The maximum absolute atomic E-state index is 12.0. The van der Waals surface area contributed by atoms with Gasteiger partial charge in [0, 0.05) is 23.2 Å². The Balaban J connectivity index is 1.73. The highest BCUT2D eigenvalue weighted by atomic mass is 35.5. The molecule has 114 valence electrons. The van der Waals surface area contributed by atoms with Crippen molar-refractivity contribution in [1.29, 1.82) is 0 Å². The van der Waals surface area contributed by atoms with E-state index in [1.165, 1.54) is 0 Å². The standard InChI is InChI=1S/C17H18ClN3O/c1-11-7-8-13(9-14(11)18)19-17-20-15(10-16(22)21-17)12-5-3-2-4-6-12/h2-9,15,17,19-20H,10H2,1H3,(H,21,22). The molecule has 1 saturated heterocycles. The molecule has 0 bridgehead atoms. The van der Waals surface area contributed by atoms with Crippen LogP contribution in [0.3, 0.4) is 0 Å². The van der Waals surface area contributed by atoms with Crippen LogP contribution in [0.15, 0.2) is 48.5 Å². The molecule has 2 atom stereocenters. The number of halogens is 1. The maximum atomic E-state index is 12.0. The SMILES string of the molecule is Cc1ccc(NC2NC(=O)CC(c3ccccc3)N2)cc1Cl. The number of amides is 1. The normalized spacial score (nSPS) is 21.3. The van der Waals surface area contributed by atoms with Crippen LogP contribution < -0.4 is 16.0 Å². The van der Waals surface area contributed by atoms with Gasteiger partial charge in [0.2, 0.25) is 5.91 Å². The van der Waals surface area contributed by atoms with Gasteiger partial charge in [0.1, 0.15) is 0 Å². The molecule has 4 nitrogen and oxygen atoms in total. The molecule has 0 radical (unpaired) electrons. The van der Waals surface area contributed by atoms with E-state index >= 15 is 0 Å². The average molecular weight is 316 g/mol. The molecule has 2 aromatic rings. The van der Waals surface area contributed by atoms with Gasteiger partial charge in [-0.1, -0.05) is 48.0 Å². The molecule has 2 aromatic carbocycles. The molecule has 0 spiro atoms. The first-order valence-corrected chi connectivity index (χ1v) is 7.62. The molecule has 3 rings (SSSR count). The Morgan fingerprint density at radius 3 is 2.68 bits per heavy atom. The molecule has 1 aliphatic heterocycles. The van der Waals surface area contributed by atoms with Crippen molar-refractivity contribution in [3.8, 4) is 0 Å². The lowest BCUT2D eigenvalue weighted by Gasteiger charge is -2.33. The third-order valence-corrected chi connectivity index (χ3v) is 4.15. The van der Waals surface area contributed by atoms with Crippen LogP contribution in [0.5, 0.6) is 0 Å². The Morgan fingerprint density at radius 1 is 1.18 bits per heavy atom. The smallest absolute Gasteiger partial charge is 0.224 e. The molecular weight excluding hydrogens is 298 g/mol. The number of nitrogens with one attached hydrogen (secondary N) is 3. The van der Waals surface area contributed by atoms with E-state index in [4.69, 9.17) is 11.6 Å². The molecule has 0 saturated carbocycles. The predicted molar refractivity (Wildman–Crippen MR) is 88.7 cm³/mol. The van der Waals surface area contributed by atoms with E-state index in [0.717, 1.165) is 16.8 Å². The second-order valence-electron chi connectivity index (χ2n) is 5.44. The van der Waals surface area contributed by atoms with Gasteiger partial charge in [-0.25, -0.2) is 0 Å². The van der Waals surface area contributed by atoms with Gasteiger partial charge in [0.15, 0.2) is 6.29 Å². The van der Waals surface area contributed by atoms with Gasteiger partial charge in [-0.2, -0.15) is 0 Å². The number of hydrogen-bond acceptors (Lipinski definition) is 3. The van der Waals surface area contributed by atoms with Crippen molar-refractivity contribution < 1.29 is 4.79 Å². The van der Waals surface area contributed by atoms with E-state index in [-0.39, 0.29) is 18.2 Å². The summed E-state index contributed by atoms with van der Waals surface area (Å²) in [5.41, 5.74) is 2.99. The van der Waals surface area contributed by atoms with Crippen LogP contribution in [0.25, 0.3) is 0 Å². The van der Waals surface area contributed by atoms with Crippen LogP contribution in [0.4, 0.5) is 5.69 Å². The van der Waals surface area contributed by atoms with Crippen molar-refractivity contribution in [3.63, 3.8) is 0 Å². The monoisotopic (exact) mass is 315 g/mol. The molecule has 0 aliphatic carbocycles. The zero-order valence-electron chi connectivity index (χ0n) is 12.3. The first kappa shape index (κ1) is 14.9.